The van der Waals surface area contributed by atoms with Crippen molar-refractivity contribution in [2.24, 2.45) is 0 Å². The smallest absolute Gasteiger partial charge is 0.319 e. The third-order valence-corrected chi connectivity index (χ3v) is 4.41. The summed E-state index contributed by atoms with van der Waals surface area (Å²) in [7, 11) is 0. The molecule has 1 aliphatic carbocycles. The number of hydrogen-bond acceptors (Lipinski definition) is 3. The van der Waals surface area contributed by atoms with Crippen molar-refractivity contribution in [3.05, 3.63) is 29.8 Å². The van der Waals surface area contributed by atoms with E-state index in [1.165, 1.54) is 19.3 Å². The summed E-state index contributed by atoms with van der Waals surface area (Å²) in [5, 5.41) is 9.29. The Morgan fingerprint density at radius 1 is 1.13 bits per heavy atom. The maximum absolute atomic E-state index is 12.0. The van der Waals surface area contributed by atoms with Crippen molar-refractivity contribution in [3.8, 4) is 0 Å². The first-order valence-electron chi connectivity index (χ1n) is 8.31. The van der Waals surface area contributed by atoms with Crippen LogP contribution in [0.5, 0.6) is 0 Å². The van der Waals surface area contributed by atoms with Gasteiger partial charge in [-0.2, -0.15) is 0 Å². The molecule has 0 bridgehead atoms. The van der Waals surface area contributed by atoms with Crippen LogP contribution in [0.3, 0.4) is 0 Å². The number of carbonyl (C=O) groups is 1. The Morgan fingerprint density at radius 2 is 1.87 bits per heavy atom. The summed E-state index contributed by atoms with van der Waals surface area (Å²) in [4.78, 5) is 12.0. The summed E-state index contributed by atoms with van der Waals surface area (Å²) in [6, 6.07) is 8.15. The van der Waals surface area contributed by atoms with Gasteiger partial charge in [-0.3, -0.25) is 0 Å². The van der Waals surface area contributed by atoms with E-state index in [0.29, 0.717) is 6.04 Å². The molecule has 5 nitrogen and oxygen atoms in total. The molecular weight excluding hydrogens is 314 g/mol. The number of hydrogen-bond donors (Lipinski definition) is 3. The van der Waals surface area contributed by atoms with E-state index in [-0.39, 0.29) is 24.5 Å². The molecule has 1 aromatic rings. The average molecular weight is 340 g/mol. The number of halogens is 1. The third-order valence-electron chi connectivity index (χ3n) is 4.41. The molecule has 0 spiro atoms. The molecule has 128 valence electrons. The first-order valence-corrected chi connectivity index (χ1v) is 8.31. The Kier molecular flexibility index (Phi) is 7.15. The predicted molar refractivity (Wildman–Crippen MR) is 94.3 cm³/mol. The number of benzene rings is 1. The Balaban J connectivity index is 0.00000192. The van der Waals surface area contributed by atoms with Crippen LogP contribution in [0.4, 0.5) is 10.5 Å². The molecule has 0 radical (unpaired) electrons. The molecule has 1 saturated carbocycles. The van der Waals surface area contributed by atoms with Gasteiger partial charge in [0.25, 0.3) is 0 Å². The first-order chi connectivity index (χ1) is 10.8. The van der Waals surface area contributed by atoms with E-state index in [1.54, 1.807) is 0 Å². The van der Waals surface area contributed by atoms with Crippen LogP contribution in [0.1, 0.15) is 43.8 Å². The number of nitrogens with one attached hydrogen (secondary N) is 3. The molecule has 2 fully saturated rings. The monoisotopic (exact) mass is 339 g/mol. The van der Waals surface area contributed by atoms with Crippen LogP contribution < -0.4 is 16.0 Å². The summed E-state index contributed by atoms with van der Waals surface area (Å²) in [5.74, 6) is 0. The van der Waals surface area contributed by atoms with Crippen LogP contribution in [0.15, 0.2) is 24.3 Å². The van der Waals surface area contributed by atoms with Gasteiger partial charge >= 0.3 is 6.03 Å². The molecule has 6 heteroatoms. The van der Waals surface area contributed by atoms with Gasteiger partial charge in [-0.1, -0.05) is 31.4 Å². The number of rotatable bonds is 3. The number of urea groups is 1. The van der Waals surface area contributed by atoms with Gasteiger partial charge in [-0.25, -0.2) is 4.79 Å². The molecule has 1 saturated heterocycles. The molecule has 1 aromatic carbocycles. The van der Waals surface area contributed by atoms with E-state index in [4.69, 9.17) is 4.74 Å². The third kappa shape index (κ3) is 5.37. The quantitative estimate of drug-likeness (QED) is 0.792. The number of ether oxygens (including phenoxy) is 1. The largest absolute Gasteiger partial charge is 0.371 e. The highest BCUT2D eigenvalue weighted by Crippen LogP contribution is 2.21. The van der Waals surface area contributed by atoms with Gasteiger partial charge in [0.2, 0.25) is 0 Å². The van der Waals surface area contributed by atoms with Crippen molar-refractivity contribution in [2.75, 3.05) is 25.0 Å². The van der Waals surface area contributed by atoms with Crippen molar-refractivity contribution in [1.82, 2.24) is 10.6 Å². The van der Waals surface area contributed by atoms with E-state index in [2.05, 4.69) is 16.0 Å². The summed E-state index contributed by atoms with van der Waals surface area (Å²) in [6.45, 7) is 2.50. The molecule has 1 unspecified atom stereocenters. The Bertz CT molecular complexity index is 483. The lowest BCUT2D eigenvalue weighted by molar-refractivity contribution is 0.0277. The normalized spacial score (nSPS) is 22.0. The fourth-order valence-electron chi connectivity index (χ4n) is 3.16. The van der Waals surface area contributed by atoms with Crippen LogP contribution in [-0.2, 0) is 4.74 Å². The molecule has 0 aromatic heterocycles. The molecule has 2 aliphatic rings. The van der Waals surface area contributed by atoms with Crippen molar-refractivity contribution >= 4 is 24.1 Å². The van der Waals surface area contributed by atoms with E-state index in [9.17, 15) is 4.79 Å². The number of carbonyl (C=O) groups excluding carboxylic acids is 1. The Hall–Kier alpha value is -1.30. The van der Waals surface area contributed by atoms with Gasteiger partial charge in [0.05, 0.1) is 12.7 Å². The van der Waals surface area contributed by atoms with Gasteiger partial charge in [0.1, 0.15) is 0 Å². The van der Waals surface area contributed by atoms with Crippen LogP contribution in [0.25, 0.3) is 0 Å². The highest BCUT2D eigenvalue weighted by atomic mass is 35.5. The van der Waals surface area contributed by atoms with Gasteiger partial charge in [0.15, 0.2) is 0 Å². The molecule has 2 amide bonds. The van der Waals surface area contributed by atoms with Crippen LogP contribution in [0, 0.1) is 0 Å². The minimum atomic E-state index is -0.102. The standard InChI is InChI=1S/C17H25N3O2.ClH/c21-17(19-14-4-2-1-3-5-14)20-15-8-6-13(7-9-15)16-12-18-10-11-22-16;/h6-9,14,16,18H,1-5,10-12H2,(H2,19,20,21);1H. The topological polar surface area (TPSA) is 62.4 Å². The summed E-state index contributed by atoms with van der Waals surface area (Å²) < 4.78 is 5.72. The molecular formula is C17H26ClN3O2. The van der Waals surface area contributed by atoms with E-state index >= 15 is 0 Å². The lowest BCUT2D eigenvalue weighted by atomic mass is 9.96. The number of morpholine rings is 1. The molecule has 1 atom stereocenters. The molecule has 23 heavy (non-hydrogen) atoms. The lowest BCUT2D eigenvalue weighted by Crippen LogP contribution is -2.39. The van der Waals surface area contributed by atoms with Crippen molar-refractivity contribution in [3.63, 3.8) is 0 Å². The second-order valence-electron chi connectivity index (χ2n) is 6.12. The van der Waals surface area contributed by atoms with Crippen molar-refractivity contribution in [1.29, 1.82) is 0 Å². The fourth-order valence-corrected chi connectivity index (χ4v) is 3.16. The molecule has 1 aliphatic heterocycles. The molecule has 1 heterocycles. The van der Waals surface area contributed by atoms with Crippen molar-refractivity contribution in [2.45, 2.75) is 44.2 Å². The maximum atomic E-state index is 12.0. The fraction of sp³-hybridized carbons (Fsp3) is 0.588. The second-order valence-corrected chi connectivity index (χ2v) is 6.12. The minimum absolute atomic E-state index is 0. The lowest BCUT2D eigenvalue weighted by Gasteiger charge is -2.24. The highest BCUT2D eigenvalue weighted by Gasteiger charge is 2.17. The second kappa shape index (κ2) is 9.11. The van der Waals surface area contributed by atoms with Gasteiger partial charge in [0, 0.05) is 24.8 Å². The molecule has 3 N–H and O–H groups in total. The van der Waals surface area contributed by atoms with Gasteiger partial charge in [-0.15, -0.1) is 12.4 Å². The van der Waals surface area contributed by atoms with Gasteiger partial charge < -0.3 is 20.7 Å². The first kappa shape index (κ1) is 18.0. The summed E-state index contributed by atoms with van der Waals surface area (Å²) in [5.41, 5.74) is 1.96. The van der Waals surface area contributed by atoms with Crippen molar-refractivity contribution < 1.29 is 9.53 Å². The maximum Gasteiger partial charge on any atom is 0.319 e. The zero-order valence-corrected chi connectivity index (χ0v) is 14.2. The van der Waals surface area contributed by atoms with Gasteiger partial charge in [-0.05, 0) is 30.5 Å². The summed E-state index contributed by atoms with van der Waals surface area (Å²) in [6.07, 6.45) is 6.03. The predicted octanol–water partition coefficient (Wildman–Crippen LogP) is 3.22. The van der Waals surface area contributed by atoms with Crippen LogP contribution in [-0.4, -0.2) is 31.8 Å². The zero-order chi connectivity index (χ0) is 15.2. The average Bonchev–Trinajstić information content (AvgIpc) is 2.57. The van der Waals surface area contributed by atoms with Crippen LogP contribution >= 0.6 is 12.4 Å². The number of anilines is 1. The Labute approximate surface area is 144 Å². The van der Waals surface area contributed by atoms with Crippen LogP contribution in [0.2, 0.25) is 0 Å². The Morgan fingerprint density at radius 3 is 2.52 bits per heavy atom. The number of amides is 2. The summed E-state index contributed by atoms with van der Waals surface area (Å²) >= 11 is 0. The highest BCUT2D eigenvalue weighted by molar-refractivity contribution is 5.89. The SMILES string of the molecule is Cl.O=C(Nc1ccc(C2CNCCO2)cc1)NC1CCCCC1. The molecule has 3 rings (SSSR count). The van der Waals surface area contributed by atoms with E-state index in [0.717, 1.165) is 43.8 Å². The van der Waals surface area contributed by atoms with E-state index < -0.39 is 0 Å². The van der Waals surface area contributed by atoms with E-state index in [1.807, 2.05) is 24.3 Å². The minimum Gasteiger partial charge on any atom is -0.371 e. The zero-order valence-electron chi connectivity index (χ0n) is 13.3.